The molecule has 0 bridgehead atoms. The summed E-state index contributed by atoms with van der Waals surface area (Å²) < 4.78 is 27.9. The molecule has 1 unspecified atom stereocenters. The van der Waals surface area contributed by atoms with Crippen molar-refractivity contribution < 1.29 is 23.1 Å². The Morgan fingerprint density at radius 3 is 2.80 bits per heavy atom. The molecule has 6 nitrogen and oxygen atoms in total. The van der Waals surface area contributed by atoms with Crippen molar-refractivity contribution in [1.82, 2.24) is 4.90 Å². The number of aliphatic carboxylic acids is 1. The zero-order valence-electron chi connectivity index (χ0n) is 8.55. The predicted molar refractivity (Wildman–Crippen MR) is 53.5 cm³/mol. The van der Waals surface area contributed by atoms with Gasteiger partial charge in [0.25, 0.3) is 0 Å². The first kappa shape index (κ1) is 12.4. The molecule has 7 heteroatoms. The van der Waals surface area contributed by atoms with Crippen LogP contribution >= 0.6 is 0 Å². The summed E-state index contributed by atoms with van der Waals surface area (Å²) in [5, 5.41) is 8.40. The number of rotatable bonds is 4. The normalized spacial score (nSPS) is 23.9. The summed E-state index contributed by atoms with van der Waals surface area (Å²) in [6.07, 6.45) is -0.409. The van der Waals surface area contributed by atoms with E-state index in [1.807, 2.05) is 11.9 Å². The van der Waals surface area contributed by atoms with E-state index < -0.39 is 27.7 Å². The van der Waals surface area contributed by atoms with Crippen molar-refractivity contribution in [3.63, 3.8) is 0 Å². The van der Waals surface area contributed by atoms with Crippen LogP contribution in [0.4, 0.5) is 0 Å². The molecule has 1 aliphatic rings. The molecule has 0 aromatic carbocycles. The molecule has 1 rings (SSSR count). The lowest BCUT2D eigenvalue weighted by molar-refractivity contribution is -0.134. The maximum absolute atomic E-state index is 11.3. The van der Waals surface area contributed by atoms with Crippen LogP contribution in [0.5, 0.6) is 0 Å². The van der Waals surface area contributed by atoms with Crippen LogP contribution in [-0.4, -0.2) is 68.7 Å². The van der Waals surface area contributed by atoms with Gasteiger partial charge in [0.2, 0.25) is 0 Å². The van der Waals surface area contributed by atoms with Crippen molar-refractivity contribution in [2.75, 3.05) is 38.2 Å². The Labute approximate surface area is 88.7 Å². The van der Waals surface area contributed by atoms with E-state index in [0.717, 1.165) is 6.54 Å². The fourth-order valence-corrected chi connectivity index (χ4v) is 2.76. The second kappa shape index (κ2) is 4.91. The molecule has 0 aliphatic carbocycles. The van der Waals surface area contributed by atoms with Gasteiger partial charge in [-0.2, -0.15) is 0 Å². The van der Waals surface area contributed by atoms with E-state index in [1.54, 1.807) is 0 Å². The van der Waals surface area contributed by atoms with Crippen molar-refractivity contribution in [3.05, 3.63) is 0 Å². The van der Waals surface area contributed by atoms with Crippen LogP contribution in [0.25, 0.3) is 0 Å². The molecule has 0 aromatic rings. The van der Waals surface area contributed by atoms with Crippen LogP contribution in [-0.2, 0) is 19.4 Å². The third kappa shape index (κ3) is 4.59. The van der Waals surface area contributed by atoms with Crippen LogP contribution in [0.3, 0.4) is 0 Å². The number of nitrogens with zero attached hydrogens (tertiary/aromatic N) is 1. The summed E-state index contributed by atoms with van der Waals surface area (Å²) in [6.45, 7) is 1.79. The topological polar surface area (TPSA) is 83.9 Å². The van der Waals surface area contributed by atoms with Crippen LogP contribution in [0, 0.1) is 0 Å². The summed E-state index contributed by atoms with van der Waals surface area (Å²) in [4.78, 5) is 12.3. The molecular weight excluding hydrogens is 222 g/mol. The Hall–Kier alpha value is -0.660. The standard InChI is InChI=1S/C8H15NO5S/c1-9-2-3-14-7(4-9)5-15(12,13)6-8(10)11/h7H,2-6H2,1H3,(H,10,11). The summed E-state index contributed by atoms with van der Waals surface area (Å²) in [5.74, 6) is -2.36. The lowest BCUT2D eigenvalue weighted by atomic mass is 10.3. The largest absolute Gasteiger partial charge is 0.480 e. The number of hydrogen-bond acceptors (Lipinski definition) is 5. The quantitative estimate of drug-likeness (QED) is 0.662. The van der Waals surface area contributed by atoms with E-state index in [-0.39, 0.29) is 5.75 Å². The molecule has 0 radical (unpaired) electrons. The van der Waals surface area contributed by atoms with E-state index in [1.165, 1.54) is 0 Å². The molecule has 1 fully saturated rings. The Morgan fingerprint density at radius 1 is 1.60 bits per heavy atom. The van der Waals surface area contributed by atoms with Gasteiger partial charge < -0.3 is 14.7 Å². The van der Waals surface area contributed by atoms with Gasteiger partial charge in [-0.1, -0.05) is 0 Å². The smallest absolute Gasteiger partial charge is 0.318 e. The van der Waals surface area contributed by atoms with E-state index in [0.29, 0.717) is 13.2 Å². The van der Waals surface area contributed by atoms with E-state index >= 15 is 0 Å². The second-order valence-corrected chi connectivity index (χ2v) is 5.81. The van der Waals surface area contributed by atoms with Gasteiger partial charge in [-0.25, -0.2) is 8.42 Å². The summed E-state index contributed by atoms with van der Waals surface area (Å²) in [7, 11) is -1.68. The minimum Gasteiger partial charge on any atom is -0.480 e. The van der Waals surface area contributed by atoms with Gasteiger partial charge >= 0.3 is 5.97 Å². The number of morpholine rings is 1. The number of carboxylic acid groups (broad SMARTS) is 1. The Morgan fingerprint density at radius 2 is 2.27 bits per heavy atom. The van der Waals surface area contributed by atoms with Crippen molar-refractivity contribution in [3.8, 4) is 0 Å². The Bertz CT molecular complexity index is 326. The van der Waals surface area contributed by atoms with E-state index in [2.05, 4.69) is 0 Å². The van der Waals surface area contributed by atoms with Crippen molar-refractivity contribution in [1.29, 1.82) is 0 Å². The lowest BCUT2D eigenvalue weighted by Crippen LogP contribution is -2.43. The van der Waals surface area contributed by atoms with E-state index in [9.17, 15) is 13.2 Å². The molecule has 1 aliphatic heterocycles. The van der Waals surface area contributed by atoms with Crippen LogP contribution < -0.4 is 0 Å². The summed E-state index contributed by atoms with van der Waals surface area (Å²) >= 11 is 0. The molecular formula is C8H15NO5S. The van der Waals surface area contributed by atoms with Gasteiger partial charge in [-0.15, -0.1) is 0 Å². The molecule has 1 heterocycles. The minimum absolute atomic E-state index is 0.219. The number of carbonyl (C=O) groups is 1. The van der Waals surface area contributed by atoms with Gasteiger partial charge in [0.15, 0.2) is 9.84 Å². The molecule has 88 valence electrons. The SMILES string of the molecule is CN1CCOC(CS(=O)(=O)CC(=O)O)C1. The zero-order valence-corrected chi connectivity index (χ0v) is 9.37. The monoisotopic (exact) mass is 237 g/mol. The number of likely N-dealkylation sites (N-methyl/N-ethyl adjacent to an activating group) is 1. The fourth-order valence-electron chi connectivity index (χ4n) is 1.50. The lowest BCUT2D eigenvalue weighted by Gasteiger charge is -2.29. The molecule has 0 aromatic heterocycles. The minimum atomic E-state index is -3.56. The Kier molecular flexibility index (Phi) is 4.06. The number of carboxylic acids is 1. The average Bonchev–Trinajstić information content (AvgIpc) is 1.99. The molecule has 1 atom stereocenters. The second-order valence-electron chi connectivity index (χ2n) is 3.70. The zero-order chi connectivity index (χ0) is 11.5. The number of ether oxygens (including phenoxy) is 1. The van der Waals surface area contributed by atoms with Gasteiger partial charge in [0, 0.05) is 13.1 Å². The van der Waals surface area contributed by atoms with Gasteiger partial charge in [0.05, 0.1) is 18.5 Å². The highest BCUT2D eigenvalue weighted by molar-refractivity contribution is 7.92. The van der Waals surface area contributed by atoms with Crippen LogP contribution in [0.15, 0.2) is 0 Å². The first-order chi connectivity index (χ1) is 6.89. The first-order valence-electron chi connectivity index (χ1n) is 4.61. The highest BCUT2D eigenvalue weighted by Gasteiger charge is 2.25. The third-order valence-electron chi connectivity index (χ3n) is 2.13. The molecule has 15 heavy (non-hydrogen) atoms. The molecule has 0 saturated carbocycles. The van der Waals surface area contributed by atoms with Crippen molar-refractivity contribution >= 4 is 15.8 Å². The predicted octanol–water partition coefficient (Wildman–Crippen LogP) is -1.18. The molecule has 0 spiro atoms. The van der Waals surface area contributed by atoms with Crippen molar-refractivity contribution in [2.45, 2.75) is 6.10 Å². The van der Waals surface area contributed by atoms with E-state index in [4.69, 9.17) is 9.84 Å². The maximum Gasteiger partial charge on any atom is 0.318 e. The van der Waals surface area contributed by atoms with Crippen molar-refractivity contribution in [2.24, 2.45) is 0 Å². The van der Waals surface area contributed by atoms with Gasteiger partial charge in [-0.3, -0.25) is 4.79 Å². The molecule has 0 amide bonds. The highest BCUT2D eigenvalue weighted by atomic mass is 32.2. The van der Waals surface area contributed by atoms with Gasteiger partial charge in [0.1, 0.15) is 5.75 Å². The first-order valence-corrected chi connectivity index (χ1v) is 6.43. The maximum atomic E-state index is 11.3. The van der Waals surface area contributed by atoms with Gasteiger partial charge in [-0.05, 0) is 7.05 Å². The highest BCUT2D eigenvalue weighted by Crippen LogP contribution is 2.06. The van der Waals surface area contributed by atoms with Crippen LogP contribution in [0.1, 0.15) is 0 Å². The molecule has 1 saturated heterocycles. The Balaban J connectivity index is 2.49. The third-order valence-corrected chi connectivity index (χ3v) is 3.69. The summed E-state index contributed by atoms with van der Waals surface area (Å²) in [5.41, 5.74) is 0. The molecule has 1 N–H and O–H groups in total. The van der Waals surface area contributed by atoms with Crippen LogP contribution in [0.2, 0.25) is 0 Å². The fraction of sp³-hybridized carbons (Fsp3) is 0.875. The average molecular weight is 237 g/mol. The summed E-state index contributed by atoms with van der Waals surface area (Å²) in [6, 6.07) is 0. The number of sulfone groups is 1. The number of hydrogen-bond donors (Lipinski definition) is 1.